The van der Waals surface area contributed by atoms with Crippen molar-refractivity contribution in [2.24, 2.45) is 0 Å². The Hall–Kier alpha value is -3.28. The van der Waals surface area contributed by atoms with Crippen LogP contribution in [-0.4, -0.2) is 32.1 Å². The molecule has 1 aliphatic rings. The van der Waals surface area contributed by atoms with Gasteiger partial charge in [0.05, 0.1) is 19.3 Å². The molecule has 2 aromatic rings. The molecule has 0 aliphatic carbocycles. The van der Waals surface area contributed by atoms with Crippen molar-refractivity contribution >= 4 is 17.9 Å². The smallest absolute Gasteiger partial charge is 0.251 e. The minimum absolute atomic E-state index is 0.141. The number of carbonyl (C=O) groups is 2. The predicted molar refractivity (Wildman–Crippen MR) is 107 cm³/mol. The van der Waals surface area contributed by atoms with Crippen LogP contribution < -0.4 is 20.1 Å². The molecule has 0 saturated carbocycles. The fourth-order valence-electron chi connectivity index (χ4n) is 2.86. The van der Waals surface area contributed by atoms with E-state index in [1.165, 1.54) is 6.08 Å². The molecule has 0 fully saturated rings. The van der Waals surface area contributed by atoms with E-state index in [1.807, 2.05) is 25.1 Å². The summed E-state index contributed by atoms with van der Waals surface area (Å²) in [5.41, 5.74) is 2.36. The van der Waals surface area contributed by atoms with E-state index in [2.05, 4.69) is 10.6 Å². The number of hydrogen-bond donors (Lipinski definition) is 2. The van der Waals surface area contributed by atoms with Gasteiger partial charge in [-0.1, -0.05) is 18.2 Å². The zero-order valence-corrected chi connectivity index (χ0v) is 16.0. The molecule has 2 amide bonds. The molecule has 1 heterocycles. The van der Waals surface area contributed by atoms with Gasteiger partial charge in [-0.2, -0.15) is 0 Å². The topological polar surface area (TPSA) is 76.7 Å². The standard InChI is InChI=1S/C22H24N2O4/c1-15(18-9-10-19-20(14-18)28-13-3-12-27-19)24-21(25)11-6-16-4-7-17(8-5-16)22(26)23-2/h4-11,14-15H,3,12-13H2,1-2H3,(H,23,26)(H,24,25)/b11-6+. The lowest BCUT2D eigenvalue weighted by atomic mass is 10.1. The number of nitrogens with one attached hydrogen (secondary N) is 2. The number of ether oxygens (including phenoxy) is 2. The van der Waals surface area contributed by atoms with Crippen LogP contribution in [0.15, 0.2) is 48.5 Å². The number of amides is 2. The number of carbonyl (C=O) groups excluding carboxylic acids is 2. The van der Waals surface area contributed by atoms with E-state index in [0.29, 0.717) is 24.5 Å². The predicted octanol–water partition coefficient (Wildman–Crippen LogP) is 3.10. The largest absolute Gasteiger partial charge is 0.490 e. The van der Waals surface area contributed by atoms with Crippen molar-refractivity contribution in [1.82, 2.24) is 10.6 Å². The molecule has 1 unspecified atom stereocenters. The van der Waals surface area contributed by atoms with Crippen molar-refractivity contribution in [3.8, 4) is 11.5 Å². The Labute approximate surface area is 164 Å². The van der Waals surface area contributed by atoms with E-state index in [-0.39, 0.29) is 17.9 Å². The average Bonchev–Trinajstić information content (AvgIpc) is 2.96. The molecular weight excluding hydrogens is 356 g/mol. The van der Waals surface area contributed by atoms with Crippen molar-refractivity contribution in [1.29, 1.82) is 0 Å². The minimum Gasteiger partial charge on any atom is -0.490 e. The van der Waals surface area contributed by atoms with Crippen LogP contribution in [-0.2, 0) is 4.79 Å². The van der Waals surface area contributed by atoms with E-state index in [0.717, 1.165) is 23.3 Å². The molecule has 6 heteroatoms. The van der Waals surface area contributed by atoms with Crippen molar-refractivity contribution < 1.29 is 19.1 Å². The molecule has 0 radical (unpaired) electrons. The van der Waals surface area contributed by atoms with Crippen LogP contribution in [0.25, 0.3) is 6.08 Å². The first-order chi connectivity index (χ1) is 13.6. The molecule has 3 rings (SSSR count). The maximum absolute atomic E-state index is 12.2. The Balaban J connectivity index is 1.60. The van der Waals surface area contributed by atoms with Gasteiger partial charge in [0.2, 0.25) is 5.91 Å². The third kappa shape index (κ3) is 4.91. The Bertz CT molecular complexity index is 875. The van der Waals surface area contributed by atoms with Crippen LogP contribution in [0.1, 0.15) is 40.9 Å². The number of fused-ring (bicyclic) bond motifs is 1. The van der Waals surface area contributed by atoms with Gasteiger partial charge in [-0.05, 0) is 48.4 Å². The maximum Gasteiger partial charge on any atom is 0.251 e. The third-order valence-electron chi connectivity index (χ3n) is 4.46. The highest BCUT2D eigenvalue weighted by Gasteiger charge is 2.14. The minimum atomic E-state index is -0.199. The molecule has 6 nitrogen and oxygen atoms in total. The Morgan fingerprint density at radius 3 is 2.46 bits per heavy atom. The molecule has 0 spiro atoms. The van der Waals surface area contributed by atoms with Crippen molar-refractivity contribution in [2.45, 2.75) is 19.4 Å². The average molecular weight is 380 g/mol. The fraction of sp³-hybridized carbons (Fsp3) is 0.273. The normalized spacial score (nSPS) is 14.2. The summed E-state index contributed by atoms with van der Waals surface area (Å²) >= 11 is 0. The van der Waals surface area contributed by atoms with Gasteiger partial charge in [0.15, 0.2) is 11.5 Å². The molecule has 0 bridgehead atoms. The zero-order chi connectivity index (χ0) is 19.9. The highest BCUT2D eigenvalue weighted by molar-refractivity contribution is 5.94. The summed E-state index contributed by atoms with van der Waals surface area (Å²) in [5, 5.41) is 5.51. The summed E-state index contributed by atoms with van der Waals surface area (Å²) in [6.07, 6.45) is 4.04. The molecule has 2 aromatic carbocycles. The second-order valence-electron chi connectivity index (χ2n) is 6.52. The van der Waals surface area contributed by atoms with E-state index < -0.39 is 0 Å². The van der Waals surface area contributed by atoms with Crippen LogP contribution in [0.3, 0.4) is 0 Å². The zero-order valence-electron chi connectivity index (χ0n) is 16.0. The Kier molecular flexibility index (Phi) is 6.32. The molecule has 1 atom stereocenters. The summed E-state index contributed by atoms with van der Waals surface area (Å²) in [6, 6.07) is 12.6. The molecule has 146 valence electrons. The second kappa shape index (κ2) is 9.08. The monoisotopic (exact) mass is 380 g/mol. The second-order valence-corrected chi connectivity index (χ2v) is 6.52. The van der Waals surface area contributed by atoms with Gasteiger partial charge in [-0.25, -0.2) is 0 Å². The van der Waals surface area contributed by atoms with E-state index >= 15 is 0 Å². The highest BCUT2D eigenvalue weighted by atomic mass is 16.5. The van der Waals surface area contributed by atoms with Gasteiger partial charge in [0.25, 0.3) is 5.91 Å². The SMILES string of the molecule is CNC(=O)c1ccc(/C=C/C(=O)NC(C)c2ccc3c(c2)OCCCO3)cc1. The molecule has 28 heavy (non-hydrogen) atoms. The maximum atomic E-state index is 12.2. The Morgan fingerprint density at radius 1 is 1.04 bits per heavy atom. The Morgan fingerprint density at radius 2 is 1.75 bits per heavy atom. The van der Waals surface area contributed by atoms with Gasteiger partial charge >= 0.3 is 0 Å². The molecule has 1 aliphatic heterocycles. The summed E-state index contributed by atoms with van der Waals surface area (Å²) in [4.78, 5) is 23.8. The van der Waals surface area contributed by atoms with Crippen LogP contribution in [0.2, 0.25) is 0 Å². The van der Waals surface area contributed by atoms with Crippen LogP contribution in [0.4, 0.5) is 0 Å². The number of rotatable bonds is 5. The van der Waals surface area contributed by atoms with Crippen LogP contribution in [0, 0.1) is 0 Å². The van der Waals surface area contributed by atoms with Gasteiger partial charge in [-0.3, -0.25) is 9.59 Å². The third-order valence-corrected chi connectivity index (χ3v) is 4.46. The van der Waals surface area contributed by atoms with E-state index in [4.69, 9.17) is 9.47 Å². The quantitative estimate of drug-likeness (QED) is 0.782. The van der Waals surface area contributed by atoms with Crippen LogP contribution in [0.5, 0.6) is 11.5 Å². The molecular formula is C22H24N2O4. The number of hydrogen-bond acceptors (Lipinski definition) is 4. The van der Waals surface area contributed by atoms with Gasteiger partial charge in [0.1, 0.15) is 0 Å². The number of benzene rings is 2. The molecule has 2 N–H and O–H groups in total. The van der Waals surface area contributed by atoms with Crippen molar-refractivity contribution in [3.05, 3.63) is 65.2 Å². The van der Waals surface area contributed by atoms with Crippen LogP contribution >= 0.6 is 0 Å². The molecule has 0 saturated heterocycles. The summed E-state index contributed by atoms with van der Waals surface area (Å²) < 4.78 is 11.3. The summed E-state index contributed by atoms with van der Waals surface area (Å²) in [5.74, 6) is 1.11. The first kappa shape index (κ1) is 19.5. The van der Waals surface area contributed by atoms with Crippen molar-refractivity contribution in [2.75, 3.05) is 20.3 Å². The van der Waals surface area contributed by atoms with E-state index in [1.54, 1.807) is 37.4 Å². The first-order valence-corrected chi connectivity index (χ1v) is 9.27. The summed E-state index contributed by atoms with van der Waals surface area (Å²) in [6.45, 7) is 3.19. The lowest BCUT2D eigenvalue weighted by Crippen LogP contribution is -2.24. The lowest BCUT2D eigenvalue weighted by molar-refractivity contribution is -0.117. The van der Waals surface area contributed by atoms with E-state index in [9.17, 15) is 9.59 Å². The van der Waals surface area contributed by atoms with Gasteiger partial charge in [0, 0.05) is 25.1 Å². The van der Waals surface area contributed by atoms with Crippen molar-refractivity contribution in [3.63, 3.8) is 0 Å². The highest BCUT2D eigenvalue weighted by Crippen LogP contribution is 2.32. The first-order valence-electron chi connectivity index (χ1n) is 9.27. The lowest BCUT2D eigenvalue weighted by Gasteiger charge is -2.15. The van der Waals surface area contributed by atoms with Gasteiger partial charge in [-0.15, -0.1) is 0 Å². The summed E-state index contributed by atoms with van der Waals surface area (Å²) in [7, 11) is 1.59. The molecule has 0 aromatic heterocycles. The fourth-order valence-corrected chi connectivity index (χ4v) is 2.86. The van der Waals surface area contributed by atoms with Gasteiger partial charge < -0.3 is 20.1 Å².